The number of hydrogen-bond donors (Lipinski definition) is 1. The average Bonchev–Trinajstić information content (AvgIpc) is 3.24. The van der Waals surface area contributed by atoms with Crippen molar-refractivity contribution in [3.05, 3.63) is 82.0 Å². The lowest BCUT2D eigenvalue weighted by atomic mass is 10.1. The van der Waals surface area contributed by atoms with E-state index in [2.05, 4.69) is 10.3 Å². The van der Waals surface area contributed by atoms with Gasteiger partial charge in [-0.3, -0.25) is 9.20 Å². The standard InChI is InChI=1S/C21H18ClN3OS/c1-14-2-4-15(5-3-14)11-23-20(26)10-18-13-27-21-24-19(12-25(18)21)16-6-8-17(22)9-7-16/h2-9,12-13H,10-11H2,1H3,(H,23,26). The number of rotatable bonds is 5. The van der Waals surface area contributed by atoms with E-state index in [1.165, 1.54) is 16.9 Å². The van der Waals surface area contributed by atoms with Crippen molar-refractivity contribution in [1.29, 1.82) is 0 Å². The molecule has 0 saturated carbocycles. The molecule has 136 valence electrons. The third-order valence-corrected chi connectivity index (χ3v) is 5.52. The van der Waals surface area contributed by atoms with Crippen molar-refractivity contribution in [2.24, 2.45) is 0 Å². The lowest BCUT2D eigenvalue weighted by Gasteiger charge is -2.05. The number of hydrogen-bond acceptors (Lipinski definition) is 3. The molecule has 2 aromatic heterocycles. The molecular formula is C21H18ClN3OS. The van der Waals surface area contributed by atoms with E-state index in [1.807, 2.05) is 71.4 Å². The van der Waals surface area contributed by atoms with Gasteiger partial charge in [-0.15, -0.1) is 11.3 Å². The molecule has 0 unspecified atom stereocenters. The van der Waals surface area contributed by atoms with Gasteiger partial charge < -0.3 is 5.32 Å². The Labute approximate surface area is 166 Å². The molecular weight excluding hydrogens is 378 g/mol. The fourth-order valence-corrected chi connectivity index (χ4v) is 3.85. The van der Waals surface area contributed by atoms with Gasteiger partial charge in [0.2, 0.25) is 5.91 Å². The van der Waals surface area contributed by atoms with Crippen LogP contribution in [0.4, 0.5) is 0 Å². The van der Waals surface area contributed by atoms with Crippen LogP contribution in [0, 0.1) is 6.92 Å². The van der Waals surface area contributed by atoms with Crippen LogP contribution in [0.5, 0.6) is 0 Å². The molecule has 0 aliphatic heterocycles. The lowest BCUT2D eigenvalue weighted by Crippen LogP contribution is -2.24. The van der Waals surface area contributed by atoms with Crippen molar-refractivity contribution in [2.45, 2.75) is 19.9 Å². The van der Waals surface area contributed by atoms with Gasteiger partial charge in [-0.25, -0.2) is 4.98 Å². The topological polar surface area (TPSA) is 46.4 Å². The number of benzene rings is 2. The minimum atomic E-state index is -0.00276. The molecule has 0 aliphatic carbocycles. The predicted molar refractivity (Wildman–Crippen MR) is 110 cm³/mol. The van der Waals surface area contributed by atoms with Gasteiger partial charge in [0, 0.05) is 34.4 Å². The number of halogens is 1. The molecule has 0 spiro atoms. The summed E-state index contributed by atoms with van der Waals surface area (Å²) in [5, 5.41) is 5.67. The van der Waals surface area contributed by atoms with E-state index in [0.717, 1.165) is 27.5 Å². The zero-order valence-corrected chi connectivity index (χ0v) is 16.3. The molecule has 1 N–H and O–H groups in total. The predicted octanol–water partition coefficient (Wildman–Crippen LogP) is 4.88. The fraction of sp³-hybridized carbons (Fsp3) is 0.143. The lowest BCUT2D eigenvalue weighted by molar-refractivity contribution is -0.120. The maximum atomic E-state index is 12.4. The minimum Gasteiger partial charge on any atom is -0.352 e. The van der Waals surface area contributed by atoms with E-state index in [0.29, 0.717) is 18.0 Å². The highest BCUT2D eigenvalue weighted by Gasteiger charge is 2.12. The Hall–Kier alpha value is -2.63. The number of aromatic nitrogens is 2. The quantitative estimate of drug-likeness (QED) is 0.523. The summed E-state index contributed by atoms with van der Waals surface area (Å²) >= 11 is 7.49. The van der Waals surface area contributed by atoms with Gasteiger partial charge in [0.15, 0.2) is 4.96 Å². The number of aryl methyl sites for hydroxylation is 1. The first-order valence-corrected chi connectivity index (χ1v) is 9.88. The summed E-state index contributed by atoms with van der Waals surface area (Å²) in [6.07, 6.45) is 2.29. The van der Waals surface area contributed by atoms with E-state index in [4.69, 9.17) is 11.6 Å². The summed E-state index contributed by atoms with van der Waals surface area (Å²) in [6.45, 7) is 2.58. The zero-order valence-electron chi connectivity index (χ0n) is 14.8. The molecule has 2 aromatic carbocycles. The van der Waals surface area contributed by atoms with E-state index >= 15 is 0 Å². The number of fused-ring (bicyclic) bond motifs is 1. The first-order valence-electron chi connectivity index (χ1n) is 8.62. The molecule has 0 radical (unpaired) electrons. The van der Waals surface area contributed by atoms with Gasteiger partial charge in [0.05, 0.1) is 12.1 Å². The van der Waals surface area contributed by atoms with Crippen molar-refractivity contribution < 1.29 is 4.79 Å². The average molecular weight is 396 g/mol. The highest BCUT2D eigenvalue weighted by molar-refractivity contribution is 7.15. The summed E-state index contributed by atoms with van der Waals surface area (Å²) in [6, 6.07) is 15.8. The number of imidazole rings is 1. The van der Waals surface area contributed by atoms with Crippen LogP contribution >= 0.6 is 22.9 Å². The van der Waals surface area contributed by atoms with E-state index in [9.17, 15) is 4.79 Å². The fourth-order valence-electron chi connectivity index (χ4n) is 2.85. The van der Waals surface area contributed by atoms with Gasteiger partial charge in [-0.05, 0) is 24.6 Å². The Morgan fingerprint density at radius 3 is 2.63 bits per heavy atom. The van der Waals surface area contributed by atoms with Crippen molar-refractivity contribution >= 4 is 33.8 Å². The number of nitrogens with one attached hydrogen (secondary N) is 1. The third-order valence-electron chi connectivity index (χ3n) is 4.38. The monoisotopic (exact) mass is 395 g/mol. The molecule has 0 aliphatic rings. The summed E-state index contributed by atoms with van der Waals surface area (Å²) in [4.78, 5) is 17.9. The number of amides is 1. The Morgan fingerprint density at radius 2 is 1.89 bits per heavy atom. The molecule has 4 aromatic rings. The summed E-state index contributed by atoms with van der Waals surface area (Å²) in [7, 11) is 0. The molecule has 27 heavy (non-hydrogen) atoms. The zero-order chi connectivity index (χ0) is 18.8. The van der Waals surface area contributed by atoms with Gasteiger partial charge >= 0.3 is 0 Å². The van der Waals surface area contributed by atoms with Crippen LogP contribution in [0.2, 0.25) is 5.02 Å². The summed E-state index contributed by atoms with van der Waals surface area (Å²) in [5.74, 6) is -0.00276. The van der Waals surface area contributed by atoms with E-state index < -0.39 is 0 Å². The van der Waals surface area contributed by atoms with Gasteiger partial charge in [-0.2, -0.15) is 0 Å². The smallest absolute Gasteiger partial charge is 0.226 e. The van der Waals surface area contributed by atoms with Crippen molar-refractivity contribution in [3.8, 4) is 11.3 Å². The second kappa shape index (κ2) is 7.55. The van der Waals surface area contributed by atoms with E-state index in [-0.39, 0.29) is 5.91 Å². The summed E-state index contributed by atoms with van der Waals surface area (Å²) in [5.41, 5.74) is 5.12. The Morgan fingerprint density at radius 1 is 1.15 bits per heavy atom. The van der Waals surface area contributed by atoms with Crippen molar-refractivity contribution in [3.63, 3.8) is 0 Å². The molecule has 1 amide bonds. The van der Waals surface area contributed by atoms with Crippen LogP contribution in [-0.2, 0) is 17.8 Å². The molecule has 4 rings (SSSR count). The Bertz CT molecular complexity index is 1080. The Balaban J connectivity index is 1.46. The number of thiazole rings is 1. The van der Waals surface area contributed by atoms with Crippen molar-refractivity contribution in [1.82, 2.24) is 14.7 Å². The normalized spacial score (nSPS) is 11.0. The maximum Gasteiger partial charge on any atom is 0.226 e. The first-order chi connectivity index (χ1) is 13.1. The van der Waals surface area contributed by atoms with E-state index in [1.54, 1.807) is 0 Å². The van der Waals surface area contributed by atoms with Gasteiger partial charge in [-0.1, -0.05) is 53.6 Å². The number of carbonyl (C=O) groups is 1. The number of carbonyl (C=O) groups excluding carboxylic acids is 1. The molecule has 2 heterocycles. The van der Waals surface area contributed by atoms with Crippen LogP contribution in [0.3, 0.4) is 0 Å². The maximum absolute atomic E-state index is 12.4. The molecule has 0 bridgehead atoms. The number of nitrogens with zero attached hydrogens (tertiary/aromatic N) is 2. The first kappa shape index (κ1) is 17.8. The van der Waals surface area contributed by atoms with Crippen LogP contribution < -0.4 is 5.32 Å². The highest BCUT2D eigenvalue weighted by atomic mass is 35.5. The van der Waals surface area contributed by atoms with Crippen LogP contribution in [0.25, 0.3) is 16.2 Å². The second-order valence-corrected chi connectivity index (χ2v) is 7.72. The largest absolute Gasteiger partial charge is 0.352 e. The third kappa shape index (κ3) is 4.04. The second-order valence-electron chi connectivity index (χ2n) is 6.45. The molecule has 0 atom stereocenters. The van der Waals surface area contributed by atoms with Crippen molar-refractivity contribution in [2.75, 3.05) is 0 Å². The molecule has 0 saturated heterocycles. The van der Waals surface area contributed by atoms with Crippen LogP contribution in [0.15, 0.2) is 60.1 Å². The molecule has 4 nitrogen and oxygen atoms in total. The molecule has 6 heteroatoms. The molecule has 0 fully saturated rings. The van der Waals surface area contributed by atoms with Gasteiger partial charge in [0.25, 0.3) is 0 Å². The highest BCUT2D eigenvalue weighted by Crippen LogP contribution is 2.25. The van der Waals surface area contributed by atoms with Crippen LogP contribution in [-0.4, -0.2) is 15.3 Å². The van der Waals surface area contributed by atoms with Crippen LogP contribution in [0.1, 0.15) is 16.8 Å². The Kier molecular flexibility index (Phi) is 4.97. The SMILES string of the molecule is Cc1ccc(CNC(=O)Cc2csc3nc(-c4ccc(Cl)cc4)cn23)cc1. The summed E-state index contributed by atoms with van der Waals surface area (Å²) < 4.78 is 1.99. The minimum absolute atomic E-state index is 0.00276. The van der Waals surface area contributed by atoms with Gasteiger partial charge in [0.1, 0.15) is 0 Å².